The Morgan fingerprint density at radius 2 is 0.489 bits per heavy atom. The van der Waals surface area contributed by atoms with Crippen LogP contribution in [0.1, 0.15) is 399 Å². The molecule has 0 aliphatic rings. The van der Waals surface area contributed by atoms with E-state index in [0.29, 0.717) is 12.8 Å². The van der Waals surface area contributed by atoms with E-state index in [-0.39, 0.29) is 25.2 Å². The van der Waals surface area contributed by atoms with E-state index >= 15 is 0 Å². The molecule has 0 radical (unpaired) electrons. The van der Waals surface area contributed by atoms with Crippen molar-refractivity contribution >= 4 is 11.9 Å². The van der Waals surface area contributed by atoms with Crippen LogP contribution in [0.25, 0.3) is 0 Å². The van der Waals surface area contributed by atoms with Gasteiger partial charge in [0.05, 0.1) is 6.61 Å². The molecule has 0 aliphatic heterocycles. The Labute approximate surface area is 548 Å². The maximum absolute atomic E-state index is 12.4. The molecular formula is C83H148O5. The van der Waals surface area contributed by atoms with Crippen LogP contribution in [0.3, 0.4) is 0 Å². The molecule has 510 valence electrons. The Morgan fingerprint density at radius 1 is 0.273 bits per heavy atom. The minimum atomic E-state index is -0.774. The number of hydrogen-bond donors (Lipinski definition) is 1. The molecule has 0 aliphatic carbocycles. The topological polar surface area (TPSA) is 72.8 Å². The molecule has 1 N–H and O–H groups in total. The zero-order valence-electron chi connectivity index (χ0n) is 58.7. The van der Waals surface area contributed by atoms with Crippen LogP contribution in [0.2, 0.25) is 0 Å². The van der Waals surface area contributed by atoms with Crippen molar-refractivity contribution in [2.24, 2.45) is 0 Å². The number of carbonyl (C=O) groups is 2. The van der Waals surface area contributed by atoms with Crippen LogP contribution >= 0.6 is 0 Å². The Balaban J connectivity index is 3.40. The molecule has 0 heterocycles. The molecular weight excluding hydrogens is 1080 g/mol. The number of ether oxygens (including phenoxy) is 2. The van der Waals surface area contributed by atoms with Crippen molar-refractivity contribution in [1.29, 1.82) is 0 Å². The molecule has 0 aromatic carbocycles. The van der Waals surface area contributed by atoms with Crippen molar-refractivity contribution < 1.29 is 24.2 Å². The lowest BCUT2D eigenvalue weighted by atomic mass is 10.0. The molecule has 0 aromatic rings. The van der Waals surface area contributed by atoms with Crippen LogP contribution in [-0.2, 0) is 19.1 Å². The molecule has 0 saturated carbocycles. The smallest absolute Gasteiger partial charge is 0.306 e. The second-order valence-corrected chi connectivity index (χ2v) is 26.1. The van der Waals surface area contributed by atoms with Crippen LogP contribution in [0, 0.1) is 0 Å². The Morgan fingerprint density at radius 3 is 0.739 bits per heavy atom. The highest BCUT2D eigenvalue weighted by molar-refractivity contribution is 5.70. The molecule has 5 heteroatoms. The first kappa shape index (κ1) is 84.8. The predicted octanol–water partition coefficient (Wildman–Crippen LogP) is 27.3. The Kier molecular flexibility index (Phi) is 75.2. The van der Waals surface area contributed by atoms with Gasteiger partial charge in [-0.15, -0.1) is 0 Å². The van der Waals surface area contributed by atoms with Gasteiger partial charge in [-0.05, 0) is 96.3 Å². The van der Waals surface area contributed by atoms with Crippen LogP contribution in [0.15, 0.2) is 97.2 Å². The fourth-order valence-electron chi connectivity index (χ4n) is 11.6. The molecule has 88 heavy (non-hydrogen) atoms. The minimum Gasteiger partial charge on any atom is -0.462 e. The van der Waals surface area contributed by atoms with E-state index < -0.39 is 6.10 Å². The van der Waals surface area contributed by atoms with Crippen molar-refractivity contribution in [3.63, 3.8) is 0 Å². The third-order valence-corrected chi connectivity index (χ3v) is 17.4. The average Bonchev–Trinajstić information content (AvgIpc) is 3.54. The summed E-state index contributed by atoms with van der Waals surface area (Å²) in [6, 6.07) is 0. The standard InChI is InChI=1S/C83H148O5/c1-3-5-7-9-11-13-15-17-19-21-23-25-27-29-31-33-35-37-39-40-41-42-44-45-47-49-51-53-55-57-59-61-63-65-67-69-71-73-75-77-82(85)87-80-81(79-84)88-83(86)78-76-74-72-70-68-66-64-62-60-58-56-54-52-50-48-46-43-38-36-34-32-30-28-26-24-22-20-18-16-14-12-10-8-6-4-2/h6,8,12,14-15,17-18,20-21,23-24,26-27,29-30,32,81,84H,3-5,7,9-11,13,16,19,22,25,28,31,33-80H2,1-2H3/b8-6-,14-12-,17-15-,20-18-,23-21-,26-24-,29-27-,32-30-. The largest absolute Gasteiger partial charge is 0.462 e. The van der Waals surface area contributed by atoms with Gasteiger partial charge in [0.1, 0.15) is 6.61 Å². The SMILES string of the molecule is CC/C=C\C/C=C\C/C=C\C/C=C\C/C=C\CCCCCCCCCCCCCCCCCCCCCC(=O)OC(CO)COC(=O)CCCCCCCCCCCCCCCCCCCCCCCCCC/C=C\C/C=C\C/C=C\CCCCCCC. The van der Waals surface area contributed by atoms with Crippen LogP contribution < -0.4 is 0 Å². The first-order valence-electron chi connectivity index (χ1n) is 38.8. The lowest BCUT2D eigenvalue weighted by molar-refractivity contribution is -0.161. The van der Waals surface area contributed by atoms with Crippen LogP contribution in [0.4, 0.5) is 0 Å². The Bertz CT molecular complexity index is 1630. The molecule has 5 nitrogen and oxygen atoms in total. The first-order chi connectivity index (χ1) is 43.6. The average molecular weight is 1230 g/mol. The van der Waals surface area contributed by atoms with E-state index in [2.05, 4.69) is 111 Å². The van der Waals surface area contributed by atoms with Crippen molar-refractivity contribution in [3.8, 4) is 0 Å². The number of aliphatic hydroxyl groups is 1. The van der Waals surface area contributed by atoms with Gasteiger partial charge in [0, 0.05) is 12.8 Å². The zero-order valence-corrected chi connectivity index (χ0v) is 58.7. The van der Waals surface area contributed by atoms with Gasteiger partial charge in [0.15, 0.2) is 6.10 Å². The van der Waals surface area contributed by atoms with Gasteiger partial charge >= 0.3 is 11.9 Å². The third kappa shape index (κ3) is 75.3. The number of rotatable bonds is 72. The van der Waals surface area contributed by atoms with Gasteiger partial charge in [-0.1, -0.05) is 387 Å². The Hall–Kier alpha value is -3.18. The van der Waals surface area contributed by atoms with Gasteiger partial charge < -0.3 is 14.6 Å². The van der Waals surface area contributed by atoms with Crippen molar-refractivity contribution in [2.45, 2.75) is 405 Å². The number of carbonyl (C=O) groups excluding carboxylic acids is 2. The van der Waals surface area contributed by atoms with E-state index in [0.717, 1.165) is 83.5 Å². The highest BCUT2D eigenvalue weighted by Gasteiger charge is 2.16. The number of aliphatic hydroxyl groups excluding tert-OH is 1. The lowest BCUT2D eigenvalue weighted by Crippen LogP contribution is -2.28. The van der Waals surface area contributed by atoms with Gasteiger partial charge in [0.2, 0.25) is 0 Å². The lowest BCUT2D eigenvalue weighted by Gasteiger charge is -2.15. The molecule has 0 spiro atoms. The molecule has 0 amide bonds. The fraction of sp³-hybridized carbons (Fsp3) is 0.783. The van der Waals surface area contributed by atoms with E-state index in [1.54, 1.807) is 0 Å². The fourth-order valence-corrected chi connectivity index (χ4v) is 11.6. The molecule has 0 bridgehead atoms. The second kappa shape index (κ2) is 78.1. The number of allylic oxidation sites excluding steroid dienone is 16. The summed E-state index contributed by atoms with van der Waals surface area (Å²) in [5, 5.41) is 9.73. The highest BCUT2D eigenvalue weighted by atomic mass is 16.6. The van der Waals surface area contributed by atoms with Crippen molar-refractivity contribution in [1.82, 2.24) is 0 Å². The highest BCUT2D eigenvalue weighted by Crippen LogP contribution is 2.19. The summed E-state index contributed by atoms with van der Waals surface area (Å²) in [6.07, 6.45) is 112. The zero-order chi connectivity index (χ0) is 63.3. The predicted molar refractivity (Wildman–Crippen MR) is 389 cm³/mol. The molecule has 0 rings (SSSR count). The van der Waals surface area contributed by atoms with Gasteiger partial charge in [-0.25, -0.2) is 0 Å². The molecule has 1 unspecified atom stereocenters. The summed E-state index contributed by atoms with van der Waals surface area (Å²) in [4.78, 5) is 24.7. The molecule has 1 atom stereocenters. The summed E-state index contributed by atoms with van der Waals surface area (Å²) >= 11 is 0. The second-order valence-electron chi connectivity index (χ2n) is 26.1. The summed E-state index contributed by atoms with van der Waals surface area (Å²) in [7, 11) is 0. The summed E-state index contributed by atoms with van der Waals surface area (Å²) in [5.74, 6) is -0.571. The van der Waals surface area contributed by atoms with Gasteiger partial charge in [-0.3, -0.25) is 9.59 Å². The van der Waals surface area contributed by atoms with E-state index in [4.69, 9.17) is 9.47 Å². The molecule has 0 aromatic heterocycles. The number of hydrogen-bond acceptors (Lipinski definition) is 5. The maximum Gasteiger partial charge on any atom is 0.306 e. The number of unbranched alkanes of at least 4 members (excludes halogenated alkanes) is 48. The summed E-state index contributed by atoms with van der Waals surface area (Å²) in [6.45, 7) is 4.06. The quantitative estimate of drug-likeness (QED) is 0.0373. The van der Waals surface area contributed by atoms with E-state index in [1.165, 1.54) is 289 Å². The summed E-state index contributed by atoms with van der Waals surface area (Å²) < 4.78 is 10.8. The molecule has 0 saturated heterocycles. The maximum atomic E-state index is 12.4. The molecule has 0 fully saturated rings. The summed E-state index contributed by atoms with van der Waals surface area (Å²) in [5.41, 5.74) is 0. The third-order valence-electron chi connectivity index (χ3n) is 17.4. The normalized spacial score (nSPS) is 12.7. The van der Waals surface area contributed by atoms with Gasteiger partial charge in [0.25, 0.3) is 0 Å². The minimum absolute atomic E-state index is 0.0628. The van der Waals surface area contributed by atoms with E-state index in [1.807, 2.05) is 0 Å². The first-order valence-corrected chi connectivity index (χ1v) is 38.8. The van der Waals surface area contributed by atoms with Crippen molar-refractivity contribution in [3.05, 3.63) is 97.2 Å². The van der Waals surface area contributed by atoms with Crippen LogP contribution in [-0.4, -0.2) is 36.4 Å². The van der Waals surface area contributed by atoms with Crippen LogP contribution in [0.5, 0.6) is 0 Å². The number of esters is 2. The van der Waals surface area contributed by atoms with Gasteiger partial charge in [-0.2, -0.15) is 0 Å². The van der Waals surface area contributed by atoms with Crippen molar-refractivity contribution in [2.75, 3.05) is 13.2 Å². The monoisotopic (exact) mass is 1230 g/mol. The van der Waals surface area contributed by atoms with E-state index in [9.17, 15) is 14.7 Å².